The number of fused-ring (bicyclic) bond motifs is 1. The van der Waals surface area contributed by atoms with E-state index in [4.69, 9.17) is 0 Å². The van der Waals surface area contributed by atoms with E-state index in [9.17, 15) is 8.42 Å². The van der Waals surface area contributed by atoms with Gasteiger partial charge in [-0.1, -0.05) is 24.3 Å². The van der Waals surface area contributed by atoms with Crippen LogP contribution in [0.25, 0.3) is 10.8 Å². The first kappa shape index (κ1) is 14.7. The zero-order valence-electron chi connectivity index (χ0n) is 12.3. The summed E-state index contributed by atoms with van der Waals surface area (Å²) in [4.78, 5) is 8.43. The minimum absolute atomic E-state index is 0.532. The zero-order valence-corrected chi connectivity index (χ0v) is 13.2. The summed E-state index contributed by atoms with van der Waals surface area (Å²) in [6, 6.07) is 7.97. The third-order valence-corrected chi connectivity index (χ3v) is 5.12. The van der Waals surface area contributed by atoms with Crippen LogP contribution < -0.4 is 0 Å². The number of benzene rings is 1. The molecular formula is C15H16N4O2S. The highest BCUT2D eigenvalue weighted by Crippen LogP contribution is 2.19. The highest BCUT2D eigenvalue weighted by Gasteiger charge is 2.17. The van der Waals surface area contributed by atoms with Crippen molar-refractivity contribution in [1.82, 2.24) is 18.2 Å². The lowest BCUT2D eigenvalue weighted by Crippen LogP contribution is -2.27. The second-order valence-electron chi connectivity index (χ2n) is 5.18. The molecule has 2 heterocycles. The van der Waals surface area contributed by atoms with Crippen molar-refractivity contribution >= 4 is 21.0 Å². The van der Waals surface area contributed by atoms with Gasteiger partial charge in [-0.3, -0.25) is 4.98 Å². The number of rotatable bonds is 4. The average molecular weight is 316 g/mol. The fourth-order valence-electron chi connectivity index (χ4n) is 2.27. The van der Waals surface area contributed by atoms with E-state index in [1.807, 2.05) is 30.5 Å². The third kappa shape index (κ3) is 2.60. The Bertz CT molecular complexity index is 911. The van der Waals surface area contributed by atoms with Gasteiger partial charge in [0.15, 0.2) is 0 Å². The summed E-state index contributed by atoms with van der Waals surface area (Å²) in [6.45, 7) is 0. The second kappa shape index (κ2) is 5.51. The summed E-state index contributed by atoms with van der Waals surface area (Å²) in [6.07, 6.45) is 7.00. The lowest BCUT2D eigenvalue weighted by atomic mass is 10.0. The Hall–Kier alpha value is -2.25. The van der Waals surface area contributed by atoms with Gasteiger partial charge >= 0.3 is 10.2 Å². The SMILES string of the molecule is CN(C)S(=O)(=O)n1cnc(Cc2cncc3ccccc23)c1. The van der Waals surface area contributed by atoms with Crippen LogP contribution in [0, 0.1) is 0 Å². The molecule has 7 heteroatoms. The van der Waals surface area contributed by atoms with Crippen LogP contribution in [0.1, 0.15) is 11.3 Å². The summed E-state index contributed by atoms with van der Waals surface area (Å²) < 4.78 is 26.4. The lowest BCUT2D eigenvalue weighted by Gasteiger charge is -2.10. The molecule has 0 saturated carbocycles. The predicted octanol–water partition coefficient (Wildman–Crippen LogP) is 1.68. The first-order valence-corrected chi connectivity index (χ1v) is 8.15. The van der Waals surface area contributed by atoms with Crippen LogP contribution >= 0.6 is 0 Å². The van der Waals surface area contributed by atoms with Crippen molar-refractivity contribution in [1.29, 1.82) is 0 Å². The van der Waals surface area contributed by atoms with Crippen LogP contribution in [0.5, 0.6) is 0 Å². The van der Waals surface area contributed by atoms with Crippen LogP contribution in [0.15, 0.2) is 49.2 Å². The summed E-state index contributed by atoms with van der Waals surface area (Å²) in [7, 11) is -0.540. The topological polar surface area (TPSA) is 68.1 Å². The molecule has 0 N–H and O–H groups in total. The molecular weight excluding hydrogens is 300 g/mol. The van der Waals surface area contributed by atoms with E-state index in [0.29, 0.717) is 12.1 Å². The maximum absolute atomic E-state index is 12.0. The molecule has 1 aromatic carbocycles. The van der Waals surface area contributed by atoms with Crippen molar-refractivity contribution in [2.24, 2.45) is 0 Å². The normalized spacial score (nSPS) is 12.1. The van der Waals surface area contributed by atoms with Gasteiger partial charge in [0, 0.05) is 44.5 Å². The van der Waals surface area contributed by atoms with Gasteiger partial charge in [-0.2, -0.15) is 12.7 Å². The van der Waals surface area contributed by atoms with E-state index < -0.39 is 10.2 Å². The fourth-order valence-corrected chi connectivity index (χ4v) is 3.06. The first-order valence-electron chi connectivity index (χ1n) is 6.76. The van der Waals surface area contributed by atoms with Gasteiger partial charge in [-0.25, -0.2) is 8.96 Å². The maximum Gasteiger partial charge on any atom is 0.308 e. The van der Waals surface area contributed by atoms with Gasteiger partial charge in [0.2, 0.25) is 0 Å². The molecule has 114 valence electrons. The smallest absolute Gasteiger partial charge is 0.264 e. The number of nitrogens with zero attached hydrogens (tertiary/aromatic N) is 4. The summed E-state index contributed by atoms with van der Waals surface area (Å²) in [5.41, 5.74) is 1.70. The maximum atomic E-state index is 12.0. The number of hydrogen-bond donors (Lipinski definition) is 0. The molecule has 0 aliphatic carbocycles. The van der Waals surface area contributed by atoms with Crippen molar-refractivity contribution in [3.63, 3.8) is 0 Å². The van der Waals surface area contributed by atoms with Crippen LogP contribution in [-0.2, 0) is 16.6 Å². The second-order valence-corrected chi connectivity index (χ2v) is 7.23. The van der Waals surface area contributed by atoms with E-state index in [1.54, 1.807) is 6.20 Å². The quantitative estimate of drug-likeness (QED) is 0.734. The summed E-state index contributed by atoms with van der Waals surface area (Å²) in [5.74, 6) is 0. The Morgan fingerprint density at radius 2 is 1.95 bits per heavy atom. The Labute approximate surface area is 129 Å². The molecule has 0 atom stereocenters. The number of aromatic nitrogens is 3. The molecule has 22 heavy (non-hydrogen) atoms. The molecule has 0 bridgehead atoms. The van der Waals surface area contributed by atoms with Gasteiger partial charge in [0.25, 0.3) is 0 Å². The van der Waals surface area contributed by atoms with Crippen molar-refractivity contribution in [2.45, 2.75) is 6.42 Å². The van der Waals surface area contributed by atoms with E-state index in [-0.39, 0.29) is 0 Å². The molecule has 0 saturated heterocycles. The molecule has 0 fully saturated rings. The largest absolute Gasteiger partial charge is 0.308 e. The van der Waals surface area contributed by atoms with Crippen LogP contribution in [0.2, 0.25) is 0 Å². The van der Waals surface area contributed by atoms with Crippen LogP contribution in [0.4, 0.5) is 0 Å². The minimum atomic E-state index is -3.52. The molecule has 0 spiro atoms. The molecule has 0 aliphatic rings. The van der Waals surface area contributed by atoms with Crippen molar-refractivity contribution in [2.75, 3.05) is 14.1 Å². The first-order chi connectivity index (χ1) is 10.5. The molecule has 6 nitrogen and oxygen atoms in total. The van der Waals surface area contributed by atoms with Gasteiger partial charge in [-0.05, 0) is 10.9 Å². The van der Waals surface area contributed by atoms with Gasteiger partial charge in [0.1, 0.15) is 6.33 Å². The number of pyridine rings is 1. The van der Waals surface area contributed by atoms with Crippen molar-refractivity contribution in [3.8, 4) is 0 Å². The number of hydrogen-bond acceptors (Lipinski definition) is 4. The zero-order chi connectivity index (χ0) is 15.7. The molecule has 3 rings (SSSR count). The minimum Gasteiger partial charge on any atom is -0.264 e. The molecule has 0 aliphatic heterocycles. The average Bonchev–Trinajstić information content (AvgIpc) is 2.97. The van der Waals surface area contributed by atoms with Crippen LogP contribution in [0.3, 0.4) is 0 Å². The van der Waals surface area contributed by atoms with Gasteiger partial charge in [-0.15, -0.1) is 0 Å². The standard InChI is InChI=1S/C15H16N4O2S/c1-18(2)22(20,21)19-10-14(17-11-19)7-13-9-16-8-12-5-3-4-6-15(12)13/h3-6,8-11H,7H2,1-2H3. The molecule has 0 unspecified atom stereocenters. The van der Waals surface area contributed by atoms with E-state index in [1.165, 1.54) is 26.6 Å². The molecule has 3 aromatic rings. The fraction of sp³-hybridized carbons (Fsp3) is 0.200. The van der Waals surface area contributed by atoms with E-state index >= 15 is 0 Å². The molecule has 0 radical (unpaired) electrons. The van der Waals surface area contributed by atoms with E-state index in [2.05, 4.69) is 9.97 Å². The van der Waals surface area contributed by atoms with Crippen LogP contribution in [-0.4, -0.2) is 40.8 Å². The summed E-state index contributed by atoms with van der Waals surface area (Å²) >= 11 is 0. The van der Waals surface area contributed by atoms with E-state index in [0.717, 1.165) is 24.6 Å². The predicted molar refractivity (Wildman–Crippen MR) is 84.8 cm³/mol. The highest BCUT2D eigenvalue weighted by atomic mass is 32.2. The highest BCUT2D eigenvalue weighted by molar-refractivity contribution is 7.87. The Balaban J connectivity index is 1.95. The number of imidazole rings is 1. The van der Waals surface area contributed by atoms with Gasteiger partial charge in [0.05, 0.1) is 5.69 Å². The third-order valence-electron chi connectivity index (χ3n) is 3.46. The molecule has 0 amide bonds. The summed E-state index contributed by atoms with van der Waals surface area (Å²) in [5, 5.41) is 2.16. The van der Waals surface area contributed by atoms with Crippen molar-refractivity contribution < 1.29 is 8.42 Å². The van der Waals surface area contributed by atoms with Crippen molar-refractivity contribution in [3.05, 3.63) is 60.4 Å². The Kier molecular flexibility index (Phi) is 3.67. The lowest BCUT2D eigenvalue weighted by molar-refractivity contribution is 0.510. The monoisotopic (exact) mass is 316 g/mol. The van der Waals surface area contributed by atoms with Gasteiger partial charge < -0.3 is 0 Å². The Morgan fingerprint density at radius 1 is 1.18 bits per heavy atom. The molecule has 2 aromatic heterocycles. The Morgan fingerprint density at radius 3 is 2.73 bits per heavy atom.